The molecule has 80 valence electrons. The smallest absolute Gasteiger partial charge is 0.148 e. The Morgan fingerprint density at radius 3 is 2.93 bits per heavy atom. The van der Waals surface area contributed by atoms with E-state index in [1.807, 2.05) is 19.1 Å². The number of para-hydroxylation sites is 1. The van der Waals surface area contributed by atoms with Gasteiger partial charge in [0, 0.05) is 10.9 Å². The van der Waals surface area contributed by atoms with Crippen molar-refractivity contribution in [2.75, 3.05) is 6.54 Å². The van der Waals surface area contributed by atoms with Crippen molar-refractivity contribution < 1.29 is 4.42 Å². The molecule has 1 aromatic heterocycles. The Labute approximate surface area is 97.6 Å². The van der Waals surface area contributed by atoms with E-state index in [9.17, 15) is 0 Å². The fraction of sp³-hybridized carbons (Fsp3) is 0.333. The summed E-state index contributed by atoms with van der Waals surface area (Å²) in [6.45, 7) is 2.73. The number of hydrogen-bond donors (Lipinski definition) is 1. The molecule has 2 nitrogen and oxygen atoms in total. The van der Waals surface area contributed by atoms with Gasteiger partial charge in [0.2, 0.25) is 0 Å². The maximum Gasteiger partial charge on any atom is 0.148 e. The Kier molecular flexibility index (Phi) is 3.12. The molecule has 0 aliphatic rings. The third-order valence-electron chi connectivity index (χ3n) is 2.60. The van der Waals surface area contributed by atoms with E-state index in [4.69, 9.17) is 10.2 Å². The molecule has 0 fully saturated rings. The van der Waals surface area contributed by atoms with Crippen LogP contribution >= 0.6 is 15.9 Å². The van der Waals surface area contributed by atoms with Gasteiger partial charge in [-0.3, -0.25) is 0 Å². The summed E-state index contributed by atoms with van der Waals surface area (Å²) in [5, 5.41) is 1.20. The number of rotatable bonds is 3. The molecule has 0 amide bonds. The van der Waals surface area contributed by atoms with Crippen molar-refractivity contribution in [1.29, 1.82) is 0 Å². The van der Waals surface area contributed by atoms with Crippen LogP contribution in [0.1, 0.15) is 17.7 Å². The van der Waals surface area contributed by atoms with Crippen molar-refractivity contribution >= 4 is 26.9 Å². The minimum absolute atomic E-state index is 0.722. The van der Waals surface area contributed by atoms with Crippen LogP contribution in [-0.2, 0) is 6.42 Å². The molecule has 2 rings (SSSR count). The van der Waals surface area contributed by atoms with Gasteiger partial charge in [0.05, 0.1) is 4.47 Å². The number of furan rings is 1. The van der Waals surface area contributed by atoms with E-state index >= 15 is 0 Å². The molecule has 0 aliphatic heterocycles. The van der Waals surface area contributed by atoms with Crippen LogP contribution in [-0.4, -0.2) is 6.54 Å². The van der Waals surface area contributed by atoms with Crippen molar-refractivity contribution in [1.82, 2.24) is 0 Å². The van der Waals surface area contributed by atoms with E-state index in [1.54, 1.807) is 0 Å². The zero-order valence-electron chi connectivity index (χ0n) is 8.72. The average Bonchev–Trinajstić information content (AvgIpc) is 2.54. The number of nitrogens with two attached hydrogens (primary N) is 1. The average molecular weight is 268 g/mol. The van der Waals surface area contributed by atoms with Gasteiger partial charge in [0.15, 0.2) is 0 Å². The zero-order valence-corrected chi connectivity index (χ0v) is 10.3. The van der Waals surface area contributed by atoms with Crippen molar-refractivity contribution in [3.8, 4) is 0 Å². The number of aryl methyl sites for hydroxylation is 2. The van der Waals surface area contributed by atoms with E-state index in [0.717, 1.165) is 35.2 Å². The molecule has 3 heteroatoms. The summed E-state index contributed by atoms with van der Waals surface area (Å²) < 4.78 is 6.76. The van der Waals surface area contributed by atoms with Crippen LogP contribution in [0.2, 0.25) is 0 Å². The van der Waals surface area contributed by atoms with Gasteiger partial charge in [0.25, 0.3) is 0 Å². The quantitative estimate of drug-likeness (QED) is 0.926. The predicted octanol–water partition coefficient (Wildman–Crippen LogP) is 3.40. The standard InChI is InChI=1S/C12H14BrNO/c1-8-9(5-3-7-14)10-4-2-6-11(13)12(10)15-8/h2,4,6H,3,5,7,14H2,1H3. The summed E-state index contributed by atoms with van der Waals surface area (Å²) in [6.07, 6.45) is 1.99. The van der Waals surface area contributed by atoms with Gasteiger partial charge in [-0.1, -0.05) is 12.1 Å². The second kappa shape index (κ2) is 4.37. The van der Waals surface area contributed by atoms with Crippen molar-refractivity contribution in [2.45, 2.75) is 19.8 Å². The highest BCUT2D eigenvalue weighted by molar-refractivity contribution is 9.10. The van der Waals surface area contributed by atoms with Gasteiger partial charge in [-0.2, -0.15) is 0 Å². The minimum Gasteiger partial charge on any atom is -0.460 e. The summed E-state index contributed by atoms with van der Waals surface area (Å²) >= 11 is 3.49. The van der Waals surface area contributed by atoms with Gasteiger partial charge in [-0.15, -0.1) is 0 Å². The van der Waals surface area contributed by atoms with E-state index in [1.165, 1.54) is 10.9 Å². The first kappa shape index (κ1) is 10.7. The molecule has 0 saturated heterocycles. The Balaban J connectivity index is 2.53. The highest BCUT2D eigenvalue weighted by Gasteiger charge is 2.11. The molecular weight excluding hydrogens is 254 g/mol. The first-order valence-electron chi connectivity index (χ1n) is 5.10. The van der Waals surface area contributed by atoms with Crippen LogP contribution in [0.5, 0.6) is 0 Å². The molecule has 0 bridgehead atoms. The SMILES string of the molecule is Cc1oc2c(Br)cccc2c1CCCN. The second-order valence-corrected chi connectivity index (χ2v) is 4.50. The van der Waals surface area contributed by atoms with E-state index in [2.05, 4.69) is 22.0 Å². The normalized spacial score (nSPS) is 11.1. The first-order valence-corrected chi connectivity index (χ1v) is 5.90. The second-order valence-electron chi connectivity index (χ2n) is 3.65. The maximum absolute atomic E-state index is 5.74. The van der Waals surface area contributed by atoms with Crippen molar-refractivity contribution in [2.24, 2.45) is 5.73 Å². The molecule has 1 aromatic carbocycles. The lowest BCUT2D eigenvalue weighted by Gasteiger charge is -1.97. The molecule has 0 aliphatic carbocycles. The highest BCUT2D eigenvalue weighted by atomic mass is 79.9. The molecule has 0 radical (unpaired) electrons. The van der Waals surface area contributed by atoms with Gasteiger partial charge < -0.3 is 10.2 Å². The Bertz CT molecular complexity index is 476. The molecule has 0 saturated carbocycles. The monoisotopic (exact) mass is 267 g/mol. The Hall–Kier alpha value is -0.800. The largest absolute Gasteiger partial charge is 0.460 e. The van der Waals surface area contributed by atoms with Crippen molar-refractivity contribution in [3.05, 3.63) is 34.0 Å². The number of benzene rings is 1. The predicted molar refractivity (Wildman–Crippen MR) is 66.0 cm³/mol. The molecule has 15 heavy (non-hydrogen) atoms. The van der Waals surface area contributed by atoms with Crippen LogP contribution in [0.3, 0.4) is 0 Å². The van der Waals surface area contributed by atoms with Gasteiger partial charge in [-0.05, 0) is 48.3 Å². The van der Waals surface area contributed by atoms with Crippen LogP contribution in [0.4, 0.5) is 0 Å². The molecule has 2 aromatic rings. The summed E-state index contributed by atoms with van der Waals surface area (Å²) in [5.74, 6) is 1.00. The lowest BCUT2D eigenvalue weighted by atomic mass is 10.1. The minimum atomic E-state index is 0.722. The molecular formula is C12H14BrNO. The lowest BCUT2D eigenvalue weighted by Crippen LogP contribution is -2.00. The number of hydrogen-bond acceptors (Lipinski definition) is 2. The van der Waals surface area contributed by atoms with Crippen LogP contribution in [0.25, 0.3) is 11.0 Å². The Morgan fingerprint density at radius 2 is 2.20 bits per heavy atom. The Morgan fingerprint density at radius 1 is 1.40 bits per heavy atom. The van der Waals surface area contributed by atoms with Gasteiger partial charge in [0.1, 0.15) is 11.3 Å². The van der Waals surface area contributed by atoms with Crippen molar-refractivity contribution in [3.63, 3.8) is 0 Å². The molecule has 0 atom stereocenters. The fourth-order valence-electron chi connectivity index (χ4n) is 1.84. The van der Waals surface area contributed by atoms with Gasteiger partial charge in [-0.25, -0.2) is 0 Å². The lowest BCUT2D eigenvalue weighted by molar-refractivity contribution is 0.569. The van der Waals surface area contributed by atoms with Crippen LogP contribution < -0.4 is 5.73 Å². The van der Waals surface area contributed by atoms with Crippen LogP contribution in [0.15, 0.2) is 27.1 Å². The first-order chi connectivity index (χ1) is 7.24. The van der Waals surface area contributed by atoms with E-state index < -0.39 is 0 Å². The van der Waals surface area contributed by atoms with Gasteiger partial charge >= 0.3 is 0 Å². The third-order valence-corrected chi connectivity index (χ3v) is 3.23. The maximum atomic E-state index is 5.74. The zero-order chi connectivity index (χ0) is 10.8. The number of fused-ring (bicyclic) bond motifs is 1. The molecule has 0 unspecified atom stereocenters. The highest BCUT2D eigenvalue weighted by Crippen LogP contribution is 2.31. The summed E-state index contributed by atoms with van der Waals surface area (Å²) in [7, 11) is 0. The number of halogens is 1. The van der Waals surface area contributed by atoms with E-state index in [-0.39, 0.29) is 0 Å². The molecule has 0 spiro atoms. The fourth-order valence-corrected chi connectivity index (χ4v) is 2.29. The third kappa shape index (κ3) is 1.94. The summed E-state index contributed by atoms with van der Waals surface area (Å²) in [6, 6.07) is 6.13. The van der Waals surface area contributed by atoms with E-state index in [0.29, 0.717) is 0 Å². The topological polar surface area (TPSA) is 39.2 Å². The van der Waals surface area contributed by atoms with Crippen LogP contribution in [0, 0.1) is 6.92 Å². The summed E-state index contributed by atoms with van der Waals surface area (Å²) in [5.41, 5.74) is 7.76. The molecule has 1 heterocycles. The summed E-state index contributed by atoms with van der Waals surface area (Å²) in [4.78, 5) is 0. The molecule has 2 N–H and O–H groups in total.